The van der Waals surface area contributed by atoms with E-state index in [1.807, 2.05) is 41.0 Å². The van der Waals surface area contributed by atoms with Crippen molar-refractivity contribution in [1.82, 2.24) is 14.7 Å². The molecule has 8 heteroatoms. The van der Waals surface area contributed by atoms with E-state index in [0.717, 1.165) is 32.1 Å². The average molecular weight is 486 g/mol. The molecule has 2 saturated heterocycles. The lowest BCUT2D eigenvalue weighted by Gasteiger charge is -2.39. The first-order valence-electron chi connectivity index (χ1n) is 13.6. The van der Waals surface area contributed by atoms with Gasteiger partial charge in [-0.1, -0.05) is 50.5 Å². The number of carbonyl (C=O) groups is 3. The molecular weight excluding hydrogens is 446 g/mol. The molecule has 5 rings (SSSR count). The summed E-state index contributed by atoms with van der Waals surface area (Å²) in [4.78, 5) is 47.4. The van der Waals surface area contributed by atoms with Crippen molar-refractivity contribution in [1.29, 1.82) is 0 Å². The third-order valence-corrected chi connectivity index (χ3v) is 8.59. The van der Waals surface area contributed by atoms with Crippen molar-refractivity contribution in [3.63, 3.8) is 0 Å². The Morgan fingerprint density at radius 2 is 1.80 bits per heavy atom. The molecule has 1 N–H and O–H groups in total. The van der Waals surface area contributed by atoms with E-state index in [1.54, 1.807) is 4.90 Å². The number of likely N-dealkylation sites (tertiary alicyclic amines) is 1. The molecule has 0 bridgehead atoms. The fraction of sp³-hybridized carbons (Fsp3) is 0.741. The fourth-order valence-electron chi connectivity index (χ4n) is 7.03. The summed E-state index contributed by atoms with van der Waals surface area (Å²) >= 11 is 0. The molecule has 3 amide bonds. The first-order valence-corrected chi connectivity index (χ1v) is 13.6. The number of fused-ring (bicyclic) bond motifs is 2. The van der Waals surface area contributed by atoms with Crippen LogP contribution in [0.4, 0.5) is 0 Å². The van der Waals surface area contributed by atoms with Crippen LogP contribution < -0.4 is 0 Å². The van der Waals surface area contributed by atoms with Crippen molar-refractivity contribution in [2.45, 2.75) is 82.1 Å². The van der Waals surface area contributed by atoms with E-state index in [9.17, 15) is 19.5 Å². The van der Waals surface area contributed by atoms with Gasteiger partial charge in [0.05, 0.1) is 17.9 Å². The molecule has 35 heavy (non-hydrogen) atoms. The summed E-state index contributed by atoms with van der Waals surface area (Å²) in [6.45, 7) is 4.12. The second-order valence-electron chi connectivity index (χ2n) is 10.7. The molecular formula is C27H39N3O5. The lowest BCUT2D eigenvalue weighted by molar-refractivity contribution is -0.150. The SMILES string of the molecule is CCCN1CC=C[C@H]2O[C@]34C=CCN(C5CCCCC5)C(=O)C3N(CCCCO)C(=O)[C@@H]4[C@H]2C1=O. The van der Waals surface area contributed by atoms with Crippen LogP contribution in [0.3, 0.4) is 0 Å². The predicted molar refractivity (Wildman–Crippen MR) is 130 cm³/mol. The van der Waals surface area contributed by atoms with Crippen LogP contribution in [0.25, 0.3) is 0 Å². The smallest absolute Gasteiger partial charge is 0.249 e. The van der Waals surface area contributed by atoms with Gasteiger partial charge in [0.2, 0.25) is 17.7 Å². The van der Waals surface area contributed by atoms with E-state index >= 15 is 0 Å². The summed E-state index contributed by atoms with van der Waals surface area (Å²) in [6.07, 6.45) is 14.7. The molecule has 5 atom stereocenters. The van der Waals surface area contributed by atoms with Gasteiger partial charge in [-0.3, -0.25) is 14.4 Å². The normalized spacial score (nSPS) is 35.3. The number of aliphatic hydroxyl groups excluding tert-OH is 1. The number of hydrogen-bond acceptors (Lipinski definition) is 5. The Labute approximate surface area is 207 Å². The van der Waals surface area contributed by atoms with Crippen molar-refractivity contribution >= 4 is 17.7 Å². The molecule has 5 aliphatic rings. The maximum Gasteiger partial charge on any atom is 0.249 e. The van der Waals surface area contributed by atoms with Gasteiger partial charge in [-0.05, 0) is 32.1 Å². The molecule has 0 aromatic heterocycles. The summed E-state index contributed by atoms with van der Waals surface area (Å²) in [5.41, 5.74) is -1.14. The topological polar surface area (TPSA) is 90.4 Å². The Morgan fingerprint density at radius 3 is 2.54 bits per heavy atom. The van der Waals surface area contributed by atoms with Crippen LogP contribution in [0.5, 0.6) is 0 Å². The highest BCUT2D eigenvalue weighted by atomic mass is 16.5. The van der Waals surface area contributed by atoms with Gasteiger partial charge >= 0.3 is 0 Å². The number of nitrogens with zero attached hydrogens (tertiary/aromatic N) is 3. The lowest BCUT2D eigenvalue weighted by Crippen LogP contribution is -2.57. The van der Waals surface area contributed by atoms with Crippen LogP contribution in [-0.4, -0.2) is 94.1 Å². The quantitative estimate of drug-likeness (QED) is 0.439. The van der Waals surface area contributed by atoms with Crippen LogP contribution in [-0.2, 0) is 19.1 Å². The highest BCUT2D eigenvalue weighted by Crippen LogP contribution is 2.53. The van der Waals surface area contributed by atoms with E-state index in [2.05, 4.69) is 0 Å². The second kappa shape index (κ2) is 10.1. The van der Waals surface area contributed by atoms with Crippen molar-refractivity contribution in [2.24, 2.45) is 11.8 Å². The van der Waals surface area contributed by atoms with Gasteiger partial charge in [0.1, 0.15) is 11.6 Å². The summed E-state index contributed by atoms with van der Waals surface area (Å²) in [5, 5.41) is 9.34. The minimum absolute atomic E-state index is 0.0414. The van der Waals surface area contributed by atoms with E-state index in [0.29, 0.717) is 39.0 Å². The maximum absolute atomic E-state index is 14.2. The predicted octanol–water partition coefficient (Wildman–Crippen LogP) is 1.88. The number of rotatable bonds is 7. The maximum atomic E-state index is 14.2. The van der Waals surface area contributed by atoms with E-state index in [1.165, 1.54) is 6.42 Å². The van der Waals surface area contributed by atoms with E-state index < -0.39 is 29.6 Å². The third kappa shape index (κ3) is 4.02. The van der Waals surface area contributed by atoms with Crippen molar-refractivity contribution in [3.8, 4) is 0 Å². The van der Waals surface area contributed by atoms with Crippen LogP contribution in [0.15, 0.2) is 24.3 Å². The molecule has 8 nitrogen and oxygen atoms in total. The number of amides is 3. The first kappa shape index (κ1) is 24.5. The van der Waals surface area contributed by atoms with Crippen LogP contribution in [0.2, 0.25) is 0 Å². The summed E-state index contributed by atoms with van der Waals surface area (Å²) in [6, 6.07) is -0.593. The van der Waals surface area contributed by atoms with Gasteiger partial charge in [-0.25, -0.2) is 0 Å². The van der Waals surface area contributed by atoms with Crippen LogP contribution in [0.1, 0.15) is 58.3 Å². The Bertz CT molecular complexity index is 897. The standard InChI is InChI=1S/C27H39N3O5/c1-2-14-28-15-8-12-20-21(24(28)32)22-25(33)30(16-6-7-18-31)23-26(34)29(19-10-4-3-5-11-19)17-9-13-27(22,23)35-20/h8-9,12-13,19-23,31H,2-7,10-11,14-18H2,1H3/t20-,21+,22+,23?,27+/m1/s1. The minimum atomic E-state index is -1.14. The highest BCUT2D eigenvalue weighted by Gasteiger charge is 2.71. The molecule has 0 aromatic rings. The third-order valence-electron chi connectivity index (χ3n) is 8.59. The number of carbonyl (C=O) groups excluding carboxylic acids is 3. The Kier molecular flexibility index (Phi) is 7.04. The van der Waals surface area contributed by atoms with Crippen molar-refractivity contribution < 1.29 is 24.2 Å². The molecule has 0 aromatic carbocycles. The van der Waals surface area contributed by atoms with Gasteiger partial charge < -0.3 is 24.5 Å². The lowest BCUT2D eigenvalue weighted by atomic mass is 9.77. The first-order chi connectivity index (χ1) is 17.0. The molecule has 4 aliphatic heterocycles. The Hall–Kier alpha value is -2.19. The summed E-state index contributed by atoms with van der Waals surface area (Å²) < 4.78 is 6.67. The van der Waals surface area contributed by atoms with Gasteiger partial charge in [-0.15, -0.1) is 0 Å². The fourth-order valence-corrected chi connectivity index (χ4v) is 7.03. The van der Waals surface area contributed by atoms with Gasteiger partial charge in [0, 0.05) is 38.8 Å². The summed E-state index contributed by atoms with van der Waals surface area (Å²) in [5.74, 6) is -1.61. The molecule has 3 fully saturated rings. The number of ether oxygens (including phenoxy) is 1. The van der Waals surface area contributed by atoms with E-state index in [-0.39, 0.29) is 30.4 Å². The summed E-state index contributed by atoms with van der Waals surface area (Å²) in [7, 11) is 0. The monoisotopic (exact) mass is 485 g/mol. The van der Waals surface area contributed by atoms with Crippen molar-refractivity contribution in [2.75, 3.05) is 32.8 Å². The minimum Gasteiger partial charge on any atom is -0.396 e. The molecule has 1 aliphatic carbocycles. The largest absolute Gasteiger partial charge is 0.396 e. The second-order valence-corrected chi connectivity index (χ2v) is 10.7. The van der Waals surface area contributed by atoms with Crippen molar-refractivity contribution in [3.05, 3.63) is 24.3 Å². The number of unbranched alkanes of at least 4 members (excludes halogenated alkanes) is 1. The van der Waals surface area contributed by atoms with E-state index in [4.69, 9.17) is 4.74 Å². The molecule has 1 spiro atoms. The molecule has 1 saturated carbocycles. The van der Waals surface area contributed by atoms with Crippen LogP contribution >= 0.6 is 0 Å². The highest BCUT2D eigenvalue weighted by molar-refractivity contribution is 5.99. The number of hydrogen-bond donors (Lipinski definition) is 1. The molecule has 1 unspecified atom stereocenters. The molecule has 4 heterocycles. The number of aliphatic hydroxyl groups is 1. The molecule has 0 radical (unpaired) electrons. The Balaban J connectivity index is 1.54. The average Bonchev–Trinajstić information content (AvgIpc) is 3.17. The zero-order valence-corrected chi connectivity index (χ0v) is 20.8. The zero-order chi connectivity index (χ0) is 24.6. The van der Waals surface area contributed by atoms with Crippen LogP contribution in [0, 0.1) is 11.8 Å². The van der Waals surface area contributed by atoms with Gasteiger partial charge in [-0.2, -0.15) is 0 Å². The zero-order valence-electron chi connectivity index (χ0n) is 20.8. The molecule has 192 valence electrons. The van der Waals surface area contributed by atoms with Gasteiger partial charge in [0.25, 0.3) is 0 Å². The van der Waals surface area contributed by atoms with Gasteiger partial charge in [0.15, 0.2) is 0 Å². The Morgan fingerprint density at radius 1 is 1.00 bits per heavy atom.